The summed E-state index contributed by atoms with van der Waals surface area (Å²) in [7, 11) is 11.6. The number of nitrogens with zero attached hydrogens (tertiary/aromatic N) is 8. The highest BCUT2D eigenvalue weighted by Crippen LogP contribution is 2.44. The number of anilines is 2. The van der Waals surface area contributed by atoms with E-state index in [1.54, 1.807) is 48.5 Å². The standard InChI is InChI=1S/C62H74F6N8O6.2CH2O2/c1-43-53(57(77)81-37-35-75(3,4)5)55(47-29-25-45(41-69)26-30-47)71(59(79)73(43)51-23-19-21-49(39-51)61(63,64)65)33-17-15-13-11-9-10-12-14-16-18-34-72-56(48-31-27-46(42-70)28-32-48)54(58(78)82-38-36-76(6,7)8)44(2)74(60(72)80)52-24-20-22-50(40-52)62(66,67)68;2*2-1-3/h19-32,39-40,55-56H,9-18,33-38H2,1-8H3;2*1H,(H,2,3)/q+2;;/p-2/t55-,56-;;/m1../s1. The molecule has 0 saturated heterocycles. The van der Waals surface area contributed by atoms with E-state index in [0.717, 1.165) is 72.6 Å². The monoisotopic (exact) mass is 1230 g/mol. The largest absolute Gasteiger partial charge is 0.554 e. The molecule has 24 heteroatoms. The number of amides is 4. The molecule has 4 amide bonds. The highest BCUT2D eigenvalue weighted by atomic mass is 19.4. The first kappa shape index (κ1) is 71.7. The lowest BCUT2D eigenvalue weighted by Crippen LogP contribution is -2.51. The molecule has 88 heavy (non-hydrogen) atoms. The summed E-state index contributed by atoms with van der Waals surface area (Å²) in [5.74, 6) is -1.43. The zero-order valence-corrected chi connectivity index (χ0v) is 50.8. The molecule has 4 aromatic carbocycles. The average Bonchev–Trinajstić information content (AvgIpc) is 0.868. The number of quaternary nitrogens is 2. The molecule has 2 aliphatic rings. The number of carbonyl (C=O) groups is 6. The molecule has 0 aromatic heterocycles. The van der Waals surface area contributed by atoms with Crippen LogP contribution in [-0.4, -0.2) is 137 Å². The topological polar surface area (TPSA) is 228 Å². The molecular weight excluding hydrogens is 1150 g/mol. The number of urea groups is 2. The summed E-state index contributed by atoms with van der Waals surface area (Å²) in [5.41, 5.74) is 0.191. The van der Waals surface area contributed by atoms with Gasteiger partial charge < -0.3 is 48.0 Å². The van der Waals surface area contributed by atoms with E-state index in [1.165, 1.54) is 47.9 Å². The Morgan fingerprint density at radius 3 is 1.10 bits per heavy atom. The minimum Gasteiger partial charge on any atom is -0.554 e. The highest BCUT2D eigenvalue weighted by molar-refractivity contribution is 6.04. The minimum absolute atomic E-state index is 0.0430. The van der Waals surface area contributed by atoms with Crippen LogP contribution in [0.5, 0.6) is 0 Å². The van der Waals surface area contributed by atoms with Crippen molar-refractivity contribution in [3.8, 4) is 12.1 Å². The molecule has 0 unspecified atom stereocenters. The van der Waals surface area contributed by atoms with Crippen LogP contribution in [0.15, 0.2) is 120 Å². The van der Waals surface area contributed by atoms with E-state index in [2.05, 4.69) is 12.1 Å². The quantitative estimate of drug-likeness (QED) is 0.0199. The van der Waals surface area contributed by atoms with E-state index >= 15 is 0 Å². The van der Waals surface area contributed by atoms with Gasteiger partial charge in [-0.3, -0.25) is 9.80 Å². The van der Waals surface area contributed by atoms with Crippen molar-refractivity contribution in [2.75, 3.05) is 91.5 Å². The first-order valence-electron chi connectivity index (χ1n) is 28.5. The maximum Gasteiger partial charge on any atom is 0.416 e. The van der Waals surface area contributed by atoms with Gasteiger partial charge in [-0.15, -0.1) is 0 Å². The zero-order valence-electron chi connectivity index (χ0n) is 50.8. The van der Waals surface area contributed by atoms with Crippen molar-refractivity contribution in [1.29, 1.82) is 10.5 Å². The summed E-state index contributed by atoms with van der Waals surface area (Å²) >= 11 is 0. The molecule has 474 valence electrons. The summed E-state index contributed by atoms with van der Waals surface area (Å²) in [4.78, 5) is 79.6. The number of carboxylic acid groups (broad SMARTS) is 2. The number of alkyl halides is 6. The number of halogens is 6. The molecule has 2 heterocycles. The Balaban J connectivity index is 0.00000265. The van der Waals surface area contributed by atoms with Gasteiger partial charge in [-0.25, -0.2) is 19.2 Å². The van der Waals surface area contributed by atoms with Crippen LogP contribution < -0.4 is 20.0 Å². The van der Waals surface area contributed by atoms with Gasteiger partial charge in [0.25, 0.3) is 0 Å². The van der Waals surface area contributed by atoms with Crippen LogP contribution in [-0.2, 0) is 41.0 Å². The Hall–Kier alpha value is -8.74. The predicted octanol–water partition coefficient (Wildman–Crippen LogP) is 9.81. The van der Waals surface area contributed by atoms with Gasteiger partial charge >= 0.3 is 36.4 Å². The third-order valence-corrected chi connectivity index (χ3v) is 14.5. The van der Waals surface area contributed by atoms with E-state index in [4.69, 9.17) is 29.3 Å². The fourth-order valence-corrected chi connectivity index (χ4v) is 10.1. The second kappa shape index (κ2) is 32.8. The summed E-state index contributed by atoms with van der Waals surface area (Å²) in [6.45, 7) is 3.38. The molecule has 0 aliphatic carbocycles. The van der Waals surface area contributed by atoms with E-state index in [0.29, 0.717) is 70.0 Å². The van der Waals surface area contributed by atoms with Crippen LogP contribution in [0.4, 0.5) is 47.3 Å². The number of ether oxygens (including phenoxy) is 2. The Morgan fingerprint density at radius 2 is 0.830 bits per heavy atom. The normalized spacial score (nSPS) is 15.5. The second-order valence-electron chi connectivity index (χ2n) is 23.0. The minimum atomic E-state index is -4.70. The van der Waals surface area contributed by atoms with E-state index in [-0.39, 0.29) is 60.2 Å². The molecule has 0 fully saturated rings. The van der Waals surface area contributed by atoms with Gasteiger partial charge in [0.05, 0.1) is 111 Å². The maximum atomic E-state index is 14.7. The Bertz CT molecular complexity index is 2970. The van der Waals surface area contributed by atoms with Crippen molar-refractivity contribution >= 4 is 48.3 Å². The van der Waals surface area contributed by atoms with Crippen molar-refractivity contribution in [1.82, 2.24) is 9.80 Å². The number of nitriles is 2. The molecule has 2 atom stereocenters. The van der Waals surface area contributed by atoms with Crippen molar-refractivity contribution in [2.24, 2.45) is 0 Å². The Morgan fingerprint density at radius 1 is 0.534 bits per heavy atom. The van der Waals surface area contributed by atoms with Crippen molar-refractivity contribution < 1.29 is 83.8 Å². The molecule has 6 rings (SSSR count). The predicted molar refractivity (Wildman–Crippen MR) is 311 cm³/mol. The maximum absolute atomic E-state index is 14.7. The van der Waals surface area contributed by atoms with Crippen molar-refractivity contribution in [3.05, 3.63) is 153 Å². The summed E-state index contributed by atoms with van der Waals surface area (Å²) in [6, 6.07) is 22.8. The smallest absolute Gasteiger partial charge is 0.416 e. The number of carbonyl (C=O) groups excluding carboxylic acids is 6. The lowest BCUT2D eigenvalue weighted by molar-refractivity contribution is -0.870. The number of hydrogen-bond acceptors (Lipinski definition) is 12. The molecule has 0 radical (unpaired) electrons. The lowest BCUT2D eigenvalue weighted by atomic mass is 9.91. The van der Waals surface area contributed by atoms with Gasteiger partial charge in [0.2, 0.25) is 0 Å². The number of likely N-dealkylation sites (N-methyl/N-ethyl adjacent to an activating group) is 2. The molecule has 4 aromatic rings. The highest BCUT2D eigenvalue weighted by Gasteiger charge is 2.45. The number of esters is 2. The average molecular weight is 1230 g/mol. The first-order valence-corrected chi connectivity index (χ1v) is 28.5. The van der Waals surface area contributed by atoms with Gasteiger partial charge in [-0.05, 0) is 98.5 Å². The molecule has 2 aliphatic heterocycles. The molecular formula is C64H76F6N8O10. The number of rotatable bonds is 25. The third-order valence-electron chi connectivity index (χ3n) is 14.5. The van der Waals surface area contributed by atoms with Crippen LogP contribution in [0.3, 0.4) is 0 Å². The van der Waals surface area contributed by atoms with Crippen molar-refractivity contribution in [2.45, 2.75) is 102 Å². The van der Waals surface area contributed by atoms with Gasteiger partial charge in [0.15, 0.2) is 0 Å². The lowest BCUT2D eigenvalue weighted by Gasteiger charge is -2.43. The van der Waals surface area contributed by atoms with Crippen LogP contribution in [0.25, 0.3) is 0 Å². The Kier molecular flexibility index (Phi) is 26.8. The summed E-state index contributed by atoms with van der Waals surface area (Å²) < 4.78 is 96.8. The second-order valence-corrected chi connectivity index (χ2v) is 23.0. The Labute approximate surface area is 509 Å². The van der Waals surface area contributed by atoms with Gasteiger partial charge in [-0.1, -0.05) is 87.8 Å². The number of benzene rings is 4. The van der Waals surface area contributed by atoms with Crippen LogP contribution in [0.2, 0.25) is 0 Å². The van der Waals surface area contributed by atoms with E-state index in [1.807, 2.05) is 42.3 Å². The summed E-state index contributed by atoms with van der Waals surface area (Å²) in [6.07, 6.45) is -1.86. The SMILES string of the molecule is CC1=C(C(=O)OCC[N+](C)(C)C)[C@@H](c2ccc(C#N)cc2)N(CCCCCCCCCCCCN2C(=O)N(c3cccc(C(F)(F)F)c3)C(C)=C(C(=O)OCC[N+](C)(C)C)[C@H]2c2ccc(C#N)cc2)C(=O)N1c1cccc(C(F)(F)F)c1.O=C[O-].O=C[O-]. The number of allylic oxidation sites excluding steroid dienone is 2. The molecule has 18 nitrogen and oxygen atoms in total. The van der Waals surface area contributed by atoms with E-state index in [9.17, 15) is 56.0 Å². The molecule has 0 N–H and O–H groups in total. The van der Waals surface area contributed by atoms with Gasteiger partial charge in [-0.2, -0.15) is 36.9 Å². The van der Waals surface area contributed by atoms with E-state index < -0.39 is 72.5 Å². The fraction of sp³-hybridized carbons (Fsp3) is 0.438. The molecule has 0 spiro atoms. The zero-order chi connectivity index (χ0) is 65.6. The van der Waals surface area contributed by atoms with Crippen molar-refractivity contribution in [3.63, 3.8) is 0 Å². The molecule has 0 saturated carbocycles. The van der Waals surface area contributed by atoms with Crippen LogP contribution in [0.1, 0.15) is 124 Å². The third kappa shape index (κ3) is 20.4. The van der Waals surface area contributed by atoms with Gasteiger partial charge in [0.1, 0.15) is 26.3 Å². The molecule has 0 bridgehead atoms. The first-order chi connectivity index (χ1) is 41.5. The fourth-order valence-electron chi connectivity index (χ4n) is 10.1. The summed E-state index contributed by atoms with van der Waals surface area (Å²) in [5, 5.41) is 35.6. The number of unbranched alkanes of at least 4 members (excludes halogenated alkanes) is 9. The van der Waals surface area contributed by atoms with Crippen LogP contribution in [0, 0.1) is 22.7 Å². The number of hydrogen-bond donors (Lipinski definition) is 0. The van der Waals surface area contributed by atoms with Gasteiger partial charge in [0, 0.05) is 37.4 Å². The van der Waals surface area contributed by atoms with Crippen LogP contribution >= 0.6 is 0 Å².